The van der Waals surface area contributed by atoms with E-state index in [1.54, 1.807) is 11.8 Å². The summed E-state index contributed by atoms with van der Waals surface area (Å²) in [5.41, 5.74) is 5.72. The highest BCUT2D eigenvalue weighted by Gasteiger charge is 2.30. The van der Waals surface area contributed by atoms with Crippen molar-refractivity contribution in [1.82, 2.24) is 0 Å². The van der Waals surface area contributed by atoms with Gasteiger partial charge < -0.3 is 0 Å². The number of benzene rings is 3. The number of Topliss-reactive ketones (excluding diaryl/α,β-unsaturated/α-hetero) is 1. The molecule has 0 saturated heterocycles. The van der Waals surface area contributed by atoms with Crippen LogP contribution < -0.4 is 0 Å². The summed E-state index contributed by atoms with van der Waals surface area (Å²) < 4.78 is 0. The van der Waals surface area contributed by atoms with Crippen molar-refractivity contribution >= 4 is 28.7 Å². The van der Waals surface area contributed by atoms with Crippen LogP contribution in [0, 0.1) is 0 Å². The van der Waals surface area contributed by atoms with Crippen molar-refractivity contribution in [2.45, 2.75) is 4.90 Å². The second kappa shape index (κ2) is 6.14. The van der Waals surface area contributed by atoms with Crippen molar-refractivity contribution in [2.75, 3.05) is 6.26 Å². The molecule has 116 valence electrons. The fourth-order valence-corrected chi connectivity index (χ4v) is 3.63. The van der Waals surface area contributed by atoms with Gasteiger partial charge in [-0.25, -0.2) is 0 Å². The number of carbonyl (C=O) groups excluding carboxylic acids is 1. The number of rotatable bonds is 3. The molecule has 2 heteroatoms. The molecular formula is C22H16OS. The van der Waals surface area contributed by atoms with E-state index in [-0.39, 0.29) is 5.78 Å². The average molecular weight is 328 g/mol. The highest BCUT2D eigenvalue weighted by Crippen LogP contribution is 2.42. The van der Waals surface area contributed by atoms with Gasteiger partial charge in [-0.3, -0.25) is 4.79 Å². The van der Waals surface area contributed by atoms with Crippen molar-refractivity contribution in [3.63, 3.8) is 0 Å². The van der Waals surface area contributed by atoms with Crippen molar-refractivity contribution in [2.24, 2.45) is 0 Å². The van der Waals surface area contributed by atoms with Crippen LogP contribution in [0.25, 0.3) is 11.1 Å². The number of allylic oxidation sites excluding steroid dienone is 1. The minimum Gasteiger partial charge on any atom is -0.289 e. The molecule has 1 aliphatic rings. The Morgan fingerprint density at radius 1 is 0.625 bits per heavy atom. The van der Waals surface area contributed by atoms with Gasteiger partial charge in [0.1, 0.15) is 0 Å². The van der Waals surface area contributed by atoms with Gasteiger partial charge in [-0.1, -0.05) is 66.7 Å². The second-order valence-electron chi connectivity index (χ2n) is 5.72. The Morgan fingerprint density at radius 3 is 1.88 bits per heavy atom. The summed E-state index contributed by atoms with van der Waals surface area (Å²) in [6, 6.07) is 26.3. The summed E-state index contributed by atoms with van der Waals surface area (Å²) in [6.45, 7) is 0. The molecule has 0 bridgehead atoms. The van der Waals surface area contributed by atoms with Crippen molar-refractivity contribution in [3.8, 4) is 0 Å². The summed E-state index contributed by atoms with van der Waals surface area (Å²) in [4.78, 5) is 14.3. The number of thioether (sulfide) groups is 1. The van der Waals surface area contributed by atoms with Crippen LogP contribution in [0.4, 0.5) is 0 Å². The largest absolute Gasteiger partial charge is 0.289 e. The molecule has 0 aromatic heterocycles. The zero-order valence-electron chi connectivity index (χ0n) is 13.3. The van der Waals surface area contributed by atoms with Crippen LogP contribution in [0.3, 0.4) is 0 Å². The zero-order valence-corrected chi connectivity index (χ0v) is 14.1. The Kier molecular flexibility index (Phi) is 3.83. The third-order valence-corrected chi connectivity index (χ3v) is 5.10. The lowest BCUT2D eigenvalue weighted by molar-refractivity contribution is 0.105. The molecule has 0 heterocycles. The molecule has 3 aromatic rings. The molecule has 0 unspecified atom stereocenters. The molecule has 0 radical (unpaired) electrons. The van der Waals surface area contributed by atoms with Crippen LogP contribution >= 0.6 is 11.8 Å². The SMILES string of the molecule is CSc1ccc(C2=C(c3ccccc3)C(=O)c3ccccc32)cc1. The molecule has 0 N–H and O–H groups in total. The van der Waals surface area contributed by atoms with E-state index in [0.717, 1.165) is 33.4 Å². The molecule has 0 spiro atoms. The van der Waals surface area contributed by atoms with Gasteiger partial charge in [0.2, 0.25) is 0 Å². The lowest BCUT2D eigenvalue weighted by atomic mass is 9.94. The predicted molar refractivity (Wildman–Crippen MR) is 101 cm³/mol. The number of carbonyl (C=O) groups is 1. The van der Waals surface area contributed by atoms with Gasteiger partial charge >= 0.3 is 0 Å². The molecule has 3 aromatic carbocycles. The first kappa shape index (κ1) is 15.0. The third kappa shape index (κ3) is 2.40. The summed E-state index contributed by atoms with van der Waals surface area (Å²) in [6.07, 6.45) is 2.07. The van der Waals surface area contributed by atoms with E-state index < -0.39 is 0 Å². The Hall–Kier alpha value is -2.58. The fourth-order valence-electron chi connectivity index (χ4n) is 3.22. The Bertz CT molecular complexity index is 937. The Labute approximate surface area is 146 Å². The first-order chi connectivity index (χ1) is 11.8. The van der Waals surface area contributed by atoms with Gasteiger partial charge in [0.25, 0.3) is 0 Å². The smallest absolute Gasteiger partial charge is 0.194 e. The van der Waals surface area contributed by atoms with E-state index >= 15 is 0 Å². The number of fused-ring (bicyclic) bond motifs is 1. The van der Waals surface area contributed by atoms with E-state index in [1.807, 2.05) is 54.6 Å². The van der Waals surface area contributed by atoms with Crippen LogP contribution in [-0.4, -0.2) is 12.0 Å². The summed E-state index contributed by atoms with van der Waals surface area (Å²) in [7, 11) is 0. The van der Waals surface area contributed by atoms with Crippen molar-refractivity contribution < 1.29 is 4.79 Å². The molecule has 0 atom stereocenters. The van der Waals surface area contributed by atoms with Gasteiger partial charge in [0.15, 0.2) is 5.78 Å². The van der Waals surface area contributed by atoms with E-state index in [1.165, 1.54) is 4.90 Å². The molecule has 0 amide bonds. The normalized spacial score (nSPS) is 13.3. The standard InChI is InChI=1S/C22H16OS/c1-24-17-13-11-16(12-14-17)20-18-9-5-6-10-19(18)22(23)21(20)15-7-3-2-4-8-15/h2-14H,1H3. The molecule has 4 rings (SSSR count). The van der Waals surface area contributed by atoms with Crippen LogP contribution in [0.5, 0.6) is 0 Å². The van der Waals surface area contributed by atoms with Gasteiger partial charge in [-0.05, 0) is 35.1 Å². The lowest BCUT2D eigenvalue weighted by Gasteiger charge is -2.09. The van der Waals surface area contributed by atoms with E-state index in [2.05, 4.69) is 30.5 Å². The van der Waals surface area contributed by atoms with Crippen molar-refractivity contribution in [3.05, 3.63) is 101 Å². The summed E-state index contributed by atoms with van der Waals surface area (Å²) >= 11 is 1.72. The topological polar surface area (TPSA) is 17.1 Å². The fraction of sp³-hybridized carbons (Fsp3) is 0.0455. The number of hydrogen-bond acceptors (Lipinski definition) is 2. The predicted octanol–water partition coefficient (Wildman–Crippen LogP) is 5.56. The summed E-state index contributed by atoms with van der Waals surface area (Å²) in [5, 5.41) is 0. The molecule has 1 aliphatic carbocycles. The molecular weight excluding hydrogens is 312 g/mol. The number of hydrogen-bond donors (Lipinski definition) is 0. The van der Waals surface area contributed by atoms with Gasteiger partial charge in [-0.2, -0.15) is 0 Å². The maximum atomic E-state index is 13.0. The minimum absolute atomic E-state index is 0.112. The van der Waals surface area contributed by atoms with Gasteiger partial charge in [0.05, 0.1) is 0 Å². The Balaban J connectivity index is 1.98. The van der Waals surface area contributed by atoms with Crippen molar-refractivity contribution in [1.29, 1.82) is 0 Å². The molecule has 24 heavy (non-hydrogen) atoms. The molecule has 0 aliphatic heterocycles. The van der Waals surface area contributed by atoms with Gasteiger partial charge in [-0.15, -0.1) is 11.8 Å². The van der Waals surface area contributed by atoms with Crippen LogP contribution in [0.2, 0.25) is 0 Å². The first-order valence-corrected chi connectivity index (χ1v) is 9.10. The molecule has 0 fully saturated rings. The first-order valence-electron chi connectivity index (χ1n) is 7.88. The van der Waals surface area contributed by atoms with E-state index in [9.17, 15) is 4.79 Å². The Morgan fingerprint density at radius 2 is 1.21 bits per heavy atom. The monoisotopic (exact) mass is 328 g/mol. The average Bonchev–Trinajstić information content (AvgIpc) is 2.95. The quantitative estimate of drug-likeness (QED) is 0.585. The number of ketones is 1. The maximum absolute atomic E-state index is 13.0. The lowest BCUT2D eigenvalue weighted by Crippen LogP contribution is -1.98. The maximum Gasteiger partial charge on any atom is 0.194 e. The highest BCUT2D eigenvalue weighted by molar-refractivity contribution is 7.98. The molecule has 1 nitrogen and oxygen atoms in total. The van der Waals surface area contributed by atoms with E-state index in [4.69, 9.17) is 0 Å². The van der Waals surface area contributed by atoms with Crippen LogP contribution in [0.15, 0.2) is 83.8 Å². The second-order valence-corrected chi connectivity index (χ2v) is 6.60. The minimum atomic E-state index is 0.112. The van der Waals surface area contributed by atoms with Crippen LogP contribution in [-0.2, 0) is 0 Å². The van der Waals surface area contributed by atoms with E-state index in [0.29, 0.717) is 0 Å². The summed E-state index contributed by atoms with van der Waals surface area (Å²) in [5.74, 6) is 0.112. The van der Waals surface area contributed by atoms with Crippen LogP contribution in [0.1, 0.15) is 27.0 Å². The zero-order chi connectivity index (χ0) is 16.5. The van der Waals surface area contributed by atoms with Gasteiger partial charge in [0, 0.05) is 21.6 Å². The molecule has 0 saturated carbocycles. The third-order valence-electron chi connectivity index (χ3n) is 4.36. The highest BCUT2D eigenvalue weighted by atomic mass is 32.2.